The average molecular weight is 534 g/mol. The summed E-state index contributed by atoms with van der Waals surface area (Å²) in [5, 5.41) is 7.51. The topological polar surface area (TPSA) is 74.9 Å². The molecule has 2 N–H and O–H groups in total. The zero-order valence-corrected chi connectivity index (χ0v) is 20.4. The molecule has 1 aliphatic heterocycles. The number of rotatable bonds is 6. The maximum atomic E-state index is 6.18. The second-order valence-electron chi connectivity index (χ2n) is 6.84. The Kier molecular flexibility index (Phi) is 8.88. The number of halogens is 2. The molecule has 29 heavy (non-hydrogen) atoms. The Morgan fingerprint density at radius 2 is 2.21 bits per heavy atom. The predicted octanol–water partition coefficient (Wildman–Crippen LogP) is 3.91. The van der Waals surface area contributed by atoms with E-state index in [4.69, 9.17) is 20.8 Å². The molecule has 160 valence electrons. The highest BCUT2D eigenvalue weighted by molar-refractivity contribution is 14.0. The Morgan fingerprint density at radius 3 is 2.86 bits per heavy atom. The van der Waals surface area contributed by atoms with Crippen LogP contribution in [0.1, 0.15) is 30.7 Å². The molecule has 0 bridgehead atoms. The SMILES string of the molecule is CCNC(=NCc1nc(C)c(C)o1)NC1CCN(c2cc(Cl)ccc2OC)C1.I. The van der Waals surface area contributed by atoms with Crippen molar-refractivity contribution in [1.82, 2.24) is 15.6 Å². The zero-order valence-electron chi connectivity index (χ0n) is 17.3. The van der Waals surface area contributed by atoms with Crippen LogP contribution in [0, 0.1) is 13.8 Å². The van der Waals surface area contributed by atoms with Crippen molar-refractivity contribution in [2.45, 2.75) is 39.8 Å². The normalized spacial score (nSPS) is 16.5. The van der Waals surface area contributed by atoms with E-state index >= 15 is 0 Å². The van der Waals surface area contributed by atoms with Crippen LogP contribution in [0.3, 0.4) is 0 Å². The van der Waals surface area contributed by atoms with E-state index in [1.54, 1.807) is 7.11 Å². The largest absolute Gasteiger partial charge is 0.495 e. The molecule has 1 atom stereocenters. The van der Waals surface area contributed by atoms with Gasteiger partial charge < -0.3 is 24.7 Å². The van der Waals surface area contributed by atoms with Crippen molar-refractivity contribution >= 4 is 47.2 Å². The third kappa shape index (κ3) is 6.15. The van der Waals surface area contributed by atoms with Crippen LogP contribution in [0.4, 0.5) is 5.69 Å². The van der Waals surface area contributed by atoms with Crippen molar-refractivity contribution in [3.8, 4) is 5.75 Å². The summed E-state index contributed by atoms with van der Waals surface area (Å²) in [5.41, 5.74) is 1.93. The summed E-state index contributed by atoms with van der Waals surface area (Å²) in [6.45, 7) is 8.86. The van der Waals surface area contributed by atoms with Gasteiger partial charge in [0, 0.05) is 30.7 Å². The molecule has 1 aromatic carbocycles. The van der Waals surface area contributed by atoms with E-state index in [-0.39, 0.29) is 30.0 Å². The van der Waals surface area contributed by atoms with Crippen LogP contribution in [-0.4, -0.2) is 43.7 Å². The van der Waals surface area contributed by atoms with Crippen LogP contribution in [-0.2, 0) is 6.54 Å². The number of aliphatic imine (C=N–C) groups is 1. The number of ether oxygens (including phenoxy) is 1. The number of benzene rings is 1. The van der Waals surface area contributed by atoms with Gasteiger partial charge >= 0.3 is 0 Å². The second kappa shape index (κ2) is 10.9. The molecule has 0 spiro atoms. The molecule has 1 fully saturated rings. The van der Waals surface area contributed by atoms with E-state index in [0.717, 1.165) is 54.9 Å². The van der Waals surface area contributed by atoms with Gasteiger partial charge in [-0.15, -0.1) is 24.0 Å². The molecule has 2 heterocycles. The van der Waals surface area contributed by atoms with E-state index in [1.165, 1.54) is 0 Å². The summed E-state index contributed by atoms with van der Waals surface area (Å²) in [4.78, 5) is 11.3. The van der Waals surface area contributed by atoms with Crippen LogP contribution in [0.25, 0.3) is 0 Å². The van der Waals surface area contributed by atoms with Crippen LogP contribution in [0.2, 0.25) is 5.02 Å². The summed E-state index contributed by atoms with van der Waals surface area (Å²) in [6.07, 6.45) is 0.997. The first kappa shape index (κ1) is 23.6. The standard InChI is InChI=1S/C20H28ClN5O2.HI/c1-5-22-20(23-11-19-24-13(2)14(3)28-19)25-16-8-9-26(12-16)17-10-15(21)6-7-18(17)27-4;/h6-7,10,16H,5,8-9,11-12H2,1-4H3,(H2,22,23,25);1H. The first-order valence-electron chi connectivity index (χ1n) is 9.56. The lowest BCUT2D eigenvalue weighted by atomic mass is 10.2. The summed E-state index contributed by atoms with van der Waals surface area (Å²) in [5.74, 6) is 3.06. The summed E-state index contributed by atoms with van der Waals surface area (Å²) < 4.78 is 11.1. The maximum Gasteiger partial charge on any atom is 0.216 e. The van der Waals surface area contributed by atoms with E-state index < -0.39 is 0 Å². The van der Waals surface area contributed by atoms with Gasteiger partial charge in [-0.3, -0.25) is 0 Å². The highest BCUT2D eigenvalue weighted by atomic mass is 127. The fraction of sp³-hybridized carbons (Fsp3) is 0.500. The monoisotopic (exact) mass is 533 g/mol. The van der Waals surface area contributed by atoms with Crippen molar-refractivity contribution < 1.29 is 9.15 Å². The number of hydrogen-bond donors (Lipinski definition) is 2. The van der Waals surface area contributed by atoms with Gasteiger partial charge in [-0.25, -0.2) is 9.98 Å². The van der Waals surface area contributed by atoms with E-state index in [0.29, 0.717) is 17.5 Å². The number of nitrogens with one attached hydrogen (secondary N) is 2. The smallest absolute Gasteiger partial charge is 0.216 e. The number of nitrogens with zero attached hydrogens (tertiary/aromatic N) is 3. The number of methoxy groups -OCH3 is 1. The first-order valence-corrected chi connectivity index (χ1v) is 9.94. The Bertz CT molecular complexity index is 823. The minimum Gasteiger partial charge on any atom is -0.495 e. The van der Waals surface area contributed by atoms with Crippen molar-refractivity contribution in [1.29, 1.82) is 0 Å². The lowest BCUT2D eigenvalue weighted by molar-refractivity contribution is 0.415. The molecule has 2 aromatic rings. The van der Waals surface area contributed by atoms with E-state index in [1.807, 2.05) is 32.0 Å². The third-order valence-corrected chi connectivity index (χ3v) is 5.04. The van der Waals surface area contributed by atoms with Gasteiger partial charge in [-0.2, -0.15) is 0 Å². The Balaban J connectivity index is 0.00000300. The molecular formula is C20H29ClIN5O2. The molecule has 1 aromatic heterocycles. The molecule has 1 saturated heterocycles. The Hall–Kier alpha value is -1.68. The Morgan fingerprint density at radius 1 is 1.41 bits per heavy atom. The van der Waals surface area contributed by atoms with Gasteiger partial charge in [-0.1, -0.05) is 11.6 Å². The van der Waals surface area contributed by atoms with Gasteiger partial charge in [0.25, 0.3) is 0 Å². The van der Waals surface area contributed by atoms with E-state index in [9.17, 15) is 0 Å². The van der Waals surface area contributed by atoms with Crippen LogP contribution in [0.15, 0.2) is 27.6 Å². The molecule has 0 amide bonds. The molecule has 9 heteroatoms. The summed E-state index contributed by atoms with van der Waals surface area (Å²) in [7, 11) is 1.68. The lowest BCUT2D eigenvalue weighted by Crippen LogP contribution is -2.44. The van der Waals surface area contributed by atoms with Gasteiger partial charge in [0.2, 0.25) is 5.89 Å². The maximum absolute atomic E-state index is 6.18. The number of hydrogen-bond acceptors (Lipinski definition) is 5. The number of anilines is 1. The zero-order chi connectivity index (χ0) is 20.1. The third-order valence-electron chi connectivity index (χ3n) is 4.80. The van der Waals surface area contributed by atoms with Gasteiger partial charge in [0.1, 0.15) is 18.1 Å². The number of aryl methyl sites for hydroxylation is 2. The van der Waals surface area contributed by atoms with E-state index in [2.05, 4.69) is 32.4 Å². The number of guanidine groups is 1. The van der Waals surface area contributed by atoms with Gasteiger partial charge in [0.05, 0.1) is 18.5 Å². The van der Waals surface area contributed by atoms with Crippen molar-refractivity contribution in [3.05, 3.63) is 40.6 Å². The first-order chi connectivity index (χ1) is 13.5. The van der Waals surface area contributed by atoms with Crippen LogP contribution < -0.4 is 20.3 Å². The van der Waals surface area contributed by atoms with Gasteiger partial charge in [0.15, 0.2) is 5.96 Å². The summed E-state index contributed by atoms with van der Waals surface area (Å²) in [6, 6.07) is 5.98. The molecule has 3 rings (SSSR count). The quantitative estimate of drug-likeness (QED) is 0.333. The van der Waals surface area contributed by atoms with Gasteiger partial charge in [-0.05, 0) is 45.4 Å². The second-order valence-corrected chi connectivity index (χ2v) is 7.27. The van der Waals surface area contributed by atoms with Crippen LogP contribution >= 0.6 is 35.6 Å². The molecular weight excluding hydrogens is 505 g/mol. The molecule has 1 aliphatic rings. The highest BCUT2D eigenvalue weighted by Gasteiger charge is 2.25. The Labute approximate surface area is 194 Å². The minimum atomic E-state index is 0. The minimum absolute atomic E-state index is 0. The van der Waals surface area contributed by atoms with Crippen molar-refractivity contribution in [2.24, 2.45) is 4.99 Å². The lowest BCUT2D eigenvalue weighted by Gasteiger charge is -2.22. The fourth-order valence-electron chi connectivity index (χ4n) is 3.27. The predicted molar refractivity (Wildman–Crippen MR) is 128 cm³/mol. The number of oxazole rings is 1. The van der Waals surface area contributed by atoms with Crippen LogP contribution in [0.5, 0.6) is 5.75 Å². The molecule has 0 saturated carbocycles. The fourth-order valence-corrected chi connectivity index (χ4v) is 3.44. The molecule has 7 nitrogen and oxygen atoms in total. The van der Waals surface area contributed by atoms with Crippen molar-refractivity contribution in [2.75, 3.05) is 31.6 Å². The average Bonchev–Trinajstić information content (AvgIpc) is 3.26. The molecule has 1 unspecified atom stereocenters. The number of aromatic nitrogens is 1. The molecule has 0 radical (unpaired) electrons. The summed E-state index contributed by atoms with van der Waals surface area (Å²) >= 11 is 6.18. The molecule has 0 aliphatic carbocycles. The highest BCUT2D eigenvalue weighted by Crippen LogP contribution is 2.33. The van der Waals surface area contributed by atoms with Crippen molar-refractivity contribution in [3.63, 3.8) is 0 Å².